The van der Waals surface area contributed by atoms with E-state index in [9.17, 15) is 5.11 Å². The van der Waals surface area contributed by atoms with E-state index in [1.807, 2.05) is 7.05 Å². The number of hydrogen-bond donors (Lipinski definition) is 2. The lowest BCUT2D eigenvalue weighted by Crippen LogP contribution is -2.34. The summed E-state index contributed by atoms with van der Waals surface area (Å²) < 4.78 is 0. The third-order valence-corrected chi connectivity index (χ3v) is 3.53. The van der Waals surface area contributed by atoms with E-state index < -0.39 is 6.10 Å². The van der Waals surface area contributed by atoms with Crippen LogP contribution in [0.15, 0.2) is 18.2 Å². The molecule has 1 aromatic rings. The topological polar surface area (TPSA) is 49.5 Å². The summed E-state index contributed by atoms with van der Waals surface area (Å²) in [7, 11) is 2.00. The SMILES string of the molecule is CN(CC(O)CN)c1ccc2c(c1)CCCC2. The molecule has 0 radical (unpaired) electrons. The van der Waals surface area contributed by atoms with Crippen LogP contribution in [0.4, 0.5) is 5.69 Å². The van der Waals surface area contributed by atoms with Crippen LogP contribution in [0, 0.1) is 0 Å². The molecule has 0 amide bonds. The third-order valence-electron chi connectivity index (χ3n) is 3.53. The predicted octanol–water partition coefficient (Wildman–Crippen LogP) is 1.32. The lowest BCUT2D eigenvalue weighted by molar-refractivity contribution is 0.189. The summed E-state index contributed by atoms with van der Waals surface area (Å²) in [4.78, 5) is 2.08. The van der Waals surface area contributed by atoms with Gasteiger partial charge in [-0.25, -0.2) is 0 Å². The maximum absolute atomic E-state index is 9.56. The molecule has 0 aliphatic heterocycles. The first-order chi connectivity index (χ1) is 8.20. The van der Waals surface area contributed by atoms with Crippen molar-refractivity contribution in [3.05, 3.63) is 29.3 Å². The molecular weight excluding hydrogens is 212 g/mol. The second-order valence-corrected chi connectivity index (χ2v) is 4.93. The minimum absolute atomic E-state index is 0.315. The van der Waals surface area contributed by atoms with Gasteiger partial charge < -0.3 is 15.7 Å². The van der Waals surface area contributed by atoms with Crippen molar-refractivity contribution >= 4 is 5.69 Å². The van der Waals surface area contributed by atoms with Crippen LogP contribution < -0.4 is 10.6 Å². The van der Waals surface area contributed by atoms with Crippen molar-refractivity contribution in [1.82, 2.24) is 0 Å². The van der Waals surface area contributed by atoms with Crippen LogP contribution in [-0.4, -0.2) is 31.3 Å². The number of hydrogen-bond acceptors (Lipinski definition) is 3. The molecule has 1 unspecified atom stereocenters. The summed E-state index contributed by atoms with van der Waals surface area (Å²) >= 11 is 0. The molecule has 3 N–H and O–H groups in total. The maximum atomic E-state index is 9.56. The van der Waals surface area contributed by atoms with Gasteiger partial charge in [0.1, 0.15) is 0 Å². The number of aliphatic hydroxyl groups excluding tert-OH is 1. The van der Waals surface area contributed by atoms with E-state index in [1.165, 1.54) is 42.5 Å². The zero-order chi connectivity index (χ0) is 12.3. The van der Waals surface area contributed by atoms with E-state index in [0.29, 0.717) is 13.1 Å². The first-order valence-corrected chi connectivity index (χ1v) is 6.42. The van der Waals surface area contributed by atoms with Gasteiger partial charge in [-0.1, -0.05) is 6.07 Å². The fourth-order valence-electron chi connectivity index (χ4n) is 2.45. The number of aliphatic hydroxyl groups is 1. The molecule has 1 aliphatic carbocycles. The average molecular weight is 234 g/mol. The van der Waals surface area contributed by atoms with Gasteiger partial charge in [-0.3, -0.25) is 0 Å². The molecule has 0 saturated heterocycles. The Labute approximate surface area is 103 Å². The Balaban J connectivity index is 2.10. The first-order valence-electron chi connectivity index (χ1n) is 6.42. The van der Waals surface area contributed by atoms with Crippen LogP contribution in [0.25, 0.3) is 0 Å². The van der Waals surface area contributed by atoms with Gasteiger partial charge in [-0.05, 0) is 48.9 Å². The van der Waals surface area contributed by atoms with Crippen LogP contribution in [0.3, 0.4) is 0 Å². The molecule has 0 bridgehead atoms. The smallest absolute Gasteiger partial charge is 0.0836 e. The number of fused-ring (bicyclic) bond motifs is 1. The fraction of sp³-hybridized carbons (Fsp3) is 0.571. The minimum atomic E-state index is -0.448. The molecule has 1 aromatic carbocycles. The van der Waals surface area contributed by atoms with Gasteiger partial charge in [0.25, 0.3) is 0 Å². The molecule has 0 spiro atoms. The Bertz CT molecular complexity index is 378. The molecule has 0 fully saturated rings. The van der Waals surface area contributed by atoms with E-state index in [4.69, 9.17) is 5.73 Å². The first kappa shape index (κ1) is 12.4. The highest BCUT2D eigenvalue weighted by Gasteiger charge is 2.12. The zero-order valence-electron chi connectivity index (χ0n) is 10.5. The van der Waals surface area contributed by atoms with Gasteiger partial charge >= 0.3 is 0 Å². The van der Waals surface area contributed by atoms with Crippen LogP contribution in [-0.2, 0) is 12.8 Å². The maximum Gasteiger partial charge on any atom is 0.0836 e. The van der Waals surface area contributed by atoms with Crippen LogP contribution in [0.1, 0.15) is 24.0 Å². The minimum Gasteiger partial charge on any atom is -0.390 e. The average Bonchev–Trinajstić information content (AvgIpc) is 2.38. The van der Waals surface area contributed by atoms with Gasteiger partial charge in [0.05, 0.1) is 6.10 Å². The molecule has 1 aliphatic rings. The van der Waals surface area contributed by atoms with E-state index in [0.717, 1.165) is 0 Å². The van der Waals surface area contributed by atoms with E-state index in [2.05, 4.69) is 23.1 Å². The summed E-state index contributed by atoms with van der Waals surface area (Å²) in [5.41, 5.74) is 9.58. The van der Waals surface area contributed by atoms with Crippen LogP contribution in [0.5, 0.6) is 0 Å². The fourth-order valence-corrected chi connectivity index (χ4v) is 2.45. The molecule has 0 saturated carbocycles. The van der Waals surface area contributed by atoms with Gasteiger partial charge in [0.15, 0.2) is 0 Å². The van der Waals surface area contributed by atoms with E-state index in [1.54, 1.807) is 0 Å². The van der Waals surface area contributed by atoms with Gasteiger partial charge in [-0.2, -0.15) is 0 Å². The monoisotopic (exact) mass is 234 g/mol. The van der Waals surface area contributed by atoms with Gasteiger partial charge in [-0.15, -0.1) is 0 Å². The molecular formula is C14H22N2O. The Morgan fingerprint density at radius 3 is 2.71 bits per heavy atom. The van der Waals surface area contributed by atoms with Crippen LogP contribution in [0.2, 0.25) is 0 Å². The lowest BCUT2D eigenvalue weighted by Gasteiger charge is -2.24. The third kappa shape index (κ3) is 2.99. The predicted molar refractivity (Wildman–Crippen MR) is 71.4 cm³/mol. The van der Waals surface area contributed by atoms with Gasteiger partial charge in [0.2, 0.25) is 0 Å². The summed E-state index contributed by atoms with van der Waals surface area (Å²) in [6, 6.07) is 6.64. The van der Waals surface area contributed by atoms with Crippen molar-refractivity contribution < 1.29 is 5.11 Å². The quantitative estimate of drug-likeness (QED) is 0.826. The van der Waals surface area contributed by atoms with E-state index >= 15 is 0 Å². The summed E-state index contributed by atoms with van der Waals surface area (Å²) in [5, 5.41) is 9.56. The molecule has 3 nitrogen and oxygen atoms in total. The summed E-state index contributed by atoms with van der Waals surface area (Å²) in [5.74, 6) is 0. The number of anilines is 1. The Morgan fingerprint density at radius 2 is 2.00 bits per heavy atom. The Morgan fingerprint density at radius 1 is 1.29 bits per heavy atom. The second kappa shape index (κ2) is 5.52. The highest BCUT2D eigenvalue weighted by Crippen LogP contribution is 2.25. The number of benzene rings is 1. The Kier molecular flexibility index (Phi) is 4.02. The van der Waals surface area contributed by atoms with Crippen molar-refractivity contribution in [2.45, 2.75) is 31.8 Å². The van der Waals surface area contributed by atoms with Crippen molar-refractivity contribution in [3.63, 3.8) is 0 Å². The number of likely N-dealkylation sites (N-methyl/N-ethyl adjacent to an activating group) is 1. The molecule has 17 heavy (non-hydrogen) atoms. The number of nitrogens with two attached hydrogens (primary N) is 1. The summed E-state index contributed by atoms with van der Waals surface area (Å²) in [6.07, 6.45) is 4.57. The van der Waals surface area contributed by atoms with Gasteiger partial charge in [0, 0.05) is 25.8 Å². The summed E-state index contributed by atoms with van der Waals surface area (Å²) in [6.45, 7) is 0.907. The van der Waals surface area contributed by atoms with Crippen molar-refractivity contribution in [3.8, 4) is 0 Å². The molecule has 1 atom stereocenters. The molecule has 94 valence electrons. The van der Waals surface area contributed by atoms with Crippen molar-refractivity contribution in [1.29, 1.82) is 0 Å². The normalized spacial score (nSPS) is 16.4. The lowest BCUT2D eigenvalue weighted by atomic mass is 9.91. The van der Waals surface area contributed by atoms with Crippen LogP contribution >= 0.6 is 0 Å². The molecule has 0 heterocycles. The van der Waals surface area contributed by atoms with Crippen molar-refractivity contribution in [2.24, 2.45) is 5.73 Å². The number of aryl methyl sites for hydroxylation is 2. The highest BCUT2D eigenvalue weighted by molar-refractivity contribution is 5.51. The number of nitrogens with zero attached hydrogens (tertiary/aromatic N) is 1. The molecule has 0 aromatic heterocycles. The molecule has 3 heteroatoms. The van der Waals surface area contributed by atoms with E-state index in [-0.39, 0.29) is 0 Å². The van der Waals surface area contributed by atoms with Crippen molar-refractivity contribution in [2.75, 3.05) is 25.0 Å². The molecule has 2 rings (SSSR count). The largest absolute Gasteiger partial charge is 0.390 e. The standard InChI is InChI=1S/C14H22N2O/c1-16(10-14(17)9-15)13-7-6-11-4-2-3-5-12(11)8-13/h6-8,14,17H,2-5,9-10,15H2,1H3. The highest BCUT2D eigenvalue weighted by atomic mass is 16.3. The number of rotatable bonds is 4. The second-order valence-electron chi connectivity index (χ2n) is 4.93. The zero-order valence-corrected chi connectivity index (χ0v) is 10.5. The Hall–Kier alpha value is -1.06.